The van der Waals surface area contributed by atoms with E-state index in [0.29, 0.717) is 6.54 Å². The molecule has 2 aromatic heterocycles. The molecule has 2 heterocycles. The Balaban J connectivity index is 2.17. The van der Waals surface area contributed by atoms with Gasteiger partial charge in [-0.05, 0) is 31.0 Å². The van der Waals surface area contributed by atoms with Gasteiger partial charge in [0.25, 0.3) is 0 Å². The number of hydrogen-bond acceptors (Lipinski definition) is 5. The fourth-order valence-corrected chi connectivity index (χ4v) is 2.02. The first-order valence-corrected chi connectivity index (χ1v) is 6.98. The molecule has 5 nitrogen and oxygen atoms in total. The number of nitrogens with zero attached hydrogens (tertiary/aromatic N) is 4. The quantitative estimate of drug-likeness (QED) is 0.831. The molecule has 0 unspecified atom stereocenters. The number of nitrogens with two attached hydrogens (primary N) is 1. The highest BCUT2D eigenvalue weighted by molar-refractivity contribution is 5.39. The Hall–Kier alpha value is -2.01. The van der Waals surface area contributed by atoms with Crippen molar-refractivity contribution >= 4 is 5.82 Å². The van der Waals surface area contributed by atoms with Crippen molar-refractivity contribution in [2.24, 2.45) is 5.73 Å². The van der Waals surface area contributed by atoms with Crippen molar-refractivity contribution < 1.29 is 0 Å². The van der Waals surface area contributed by atoms with Gasteiger partial charge in [0.15, 0.2) is 0 Å². The highest BCUT2D eigenvalue weighted by Crippen LogP contribution is 2.15. The summed E-state index contributed by atoms with van der Waals surface area (Å²) in [5.74, 6) is 0.953. The maximum Gasteiger partial charge on any atom is 0.132 e. The van der Waals surface area contributed by atoms with Gasteiger partial charge in [-0.3, -0.25) is 4.98 Å². The van der Waals surface area contributed by atoms with Crippen LogP contribution in [0.15, 0.2) is 36.9 Å². The minimum atomic E-state index is 0.676. The number of aryl methyl sites for hydroxylation is 1. The van der Waals surface area contributed by atoms with E-state index in [4.69, 9.17) is 5.73 Å². The van der Waals surface area contributed by atoms with Crippen molar-refractivity contribution in [3.8, 4) is 0 Å². The van der Waals surface area contributed by atoms with Crippen LogP contribution in [-0.2, 0) is 13.0 Å². The van der Waals surface area contributed by atoms with E-state index in [1.807, 2.05) is 18.3 Å². The minimum absolute atomic E-state index is 0.676. The molecule has 0 aliphatic carbocycles. The van der Waals surface area contributed by atoms with Gasteiger partial charge in [0.1, 0.15) is 12.1 Å². The van der Waals surface area contributed by atoms with E-state index in [2.05, 4.69) is 32.8 Å². The molecule has 20 heavy (non-hydrogen) atoms. The van der Waals surface area contributed by atoms with Crippen LogP contribution in [0.3, 0.4) is 0 Å². The zero-order valence-corrected chi connectivity index (χ0v) is 11.9. The van der Waals surface area contributed by atoms with Gasteiger partial charge in [0.2, 0.25) is 0 Å². The van der Waals surface area contributed by atoms with E-state index in [-0.39, 0.29) is 0 Å². The summed E-state index contributed by atoms with van der Waals surface area (Å²) < 4.78 is 0. The van der Waals surface area contributed by atoms with Crippen molar-refractivity contribution in [1.82, 2.24) is 15.0 Å². The van der Waals surface area contributed by atoms with E-state index < -0.39 is 0 Å². The maximum absolute atomic E-state index is 5.63. The molecule has 2 rings (SSSR count). The van der Waals surface area contributed by atoms with E-state index >= 15 is 0 Å². The van der Waals surface area contributed by atoms with Crippen LogP contribution in [0.1, 0.15) is 24.6 Å². The van der Waals surface area contributed by atoms with Gasteiger partial charge < -0.3 is 10.6 Å². The van der Waals surface area contributed by atoms with E-state index in [1.54, 1.807) is 12.5 Å². The van der Waals surface area contributed by atoms with Gasteiger partial charge in [0, 0.05) is 37.2 Å². The normalized spacial score (nSPS) is 10.5. The molecule has 0 spiro atoms. The number of rotatable bonds is 7. The molecule has 0 aromatic carbocycles. The second-order valence-corrected chi connectivity index (χ2v) is 4.65. The van der Waals surface area contributed by atoms with Crippen molar-refractivity contribution in [3.63, 3.8) is 0 Å². The first-order valence-electron chi connectivity index (χ1n) is 6.98. The Morgan fingerprint density at radius 2 is 2.20 bits per heavy atom. The lowest BCUT2D eigenvalue weighted by Crippen LogP contribution is -2.26. The molecule has 0 amide bonds. The number of aromatic nitrogens is 3. The van der Waals surface area contributed by atoms with Crippen LogP contribution < -0.4 is 10.6 Å². The fourth-order valence-electron chi connectivity index (χ4n) is 2.02. The molecule has 0 bridgehead atoms. The lowest BCUT2D eigenvalue weighted by molar-refractivity contribution is 0.721. The third-order valence-corrected chi connectivity index (χ3v) is 3.12. The van der Waals surface area contributed by atoms with Crippen LogP contribution in [0, 0.1) is 0 Å². The lowest BCUT2D eigenvalue weighted by Gasteiger charge is -2.23. The summed E-state index contributed by atoms with van der Waals surface area (Å²) in [6, 6.07) is 6.07. The molecule has 2 aromatic rings. The van der Waals surface area contributed by atoms with Gasteiger partial charge in [-0.1, -0.05) is 13.0 Å². The van der Waals surface area contributed by atoms with E-state index in [0.717, 1.165) is 37.4 Å². The van der Waals surface area contributed by atoms with Gasteiger partial charge in [-0.15, -0.1) is 0 Å². The molecule has 2 N–H and O–H groups in total. The van der Waals surface area contributed by atoms with Crippen LogP contribution in [-0.4, -0.2) is 28.0 Å². The molecule has 0 aliphatic rings. The molecule has 0 saturated heterocycles. The summed E-state index contributed by atoms with van der Waals surface area (Å²) in [4.78, 5) is 15.0. The number of hydrogen-bond donors (Lipinski definition) is 1. The van der Waals surface area contributed by atoms with Gasteiger partial charge in [-0.25, -0.2) is 9.97 Å². The summed E-state index contributed by atoms with van der Waals surface area (Å²) in [7, 11) is 0. The van der Waals surface area contributed by atoms with Crippen LogP contribution in [0.4, 0.5) is 5.82 Å². The number of pyridine rings is 1. The molecule has 0 atom stereocenters. The topological polar surface area (TPSA) is 67.9 Å². The van der Waals surface area contributed by atoms with Crippen molar-refractivity contribution in [3.05, 3.63) is 48.2 Å². The average Bonchev–Trinajstić information content (AvgIpc) is 2.52. The predicted octanol–water partition coefficient (Wildman–Crippen LogP) is 1.79. The summed E-state index contributed by atoms with van der Waals surface area (Å²) in [6.45, 7) is 4.44. The second-order valence-electron chi connectivity index (χ2n) is 4.65. The smallest absolute Gasteiger partial charge is 0.132 e. The average molecular weight is 271 g/mol. The first kappa shape index (κ1) is 14.4. The van der Waals surface area contributed by atoms with Crippen molar-refractivity contribution in [2.75, 3.05) is 18.0 Å². The number of anilines is 1. The summed E-state index contributed by atoms with van der Waals surface area (Å²) in [6.07, 6.45) is 7.15. The predicted molar refractivity (Wildman–Crippen MR) is 80.4 cm³/mol. The largest absolute Gasteiger partial charge is 0.352 e. The Morgan fingerprint density at radius 1 is 1.30 bits per heavy atom. The Kier molecular flexibility index (Phi) is 5.43. The van der Waals surface area contributed by atoms with Crippen molar-refractivity contribution in [2.45, 2.75) is 26.3 Å². The van der Waals surface area contributed by atoms with Crippen LogP contribution in [0.2, 0.25) is 0 Å². The molecule has 106 valence electrons. The lowest BCUT2D eigenvalue weighted by atomic mass is 10.2. The van der Waals surface area contributed by atoms with Crippen LogP contribution in [0.5, 0.6) is 0 Å². The van der Waals surface area contributed by atoms with Gasteiger partial charge in [-0.2, -0.15) is 0 Å². The van der Waals surface area contributed by atoms with E-state index in [1.165, 1.54) is 5.56 Å². The Bertz CT molecular complexity index is 515. The van der Waals surface area contributed by atoms with Crippen LogP contribution in [0.25, 0.3) is 0 Å². The zero-order chi connectivity index (χ0) is 14.2. The SMILES string of the molecule is CCc1cc(N(CCCN)Cc2cccnc2)ncn1. The molecule has 0 radical (unpaired) electrons. The Morgan fingerprint density at radius 3 is 2.90 bits per heavy atom. The highest BCUT2D eigenvalue weighted by Gasteiger charge is 2.09. The molecule has 0 saturated carbocycles. The summed E-state index contributed by atoms with van der Waals surface area (Å²) in [5.41, 5.74) is 7.85. The first-order chi connectivity index (χ1) is 9.83. The van der Waals surface area contributed by atoms with Crippen molar-refractivity contribution in [1.29, 1.82) is 0 Å². The van der Waals surface area contributed by atoms with Gasteiger partial charge >= 0.3 is 0 Å². The highest BCUT2D eigenvalue weighted by atomic mass is 15.2. The third kappa shape index (κ3) is 3.99. The minimum Gasteiger partial charge on any atom is -0.352 e. The molecule has 5 heteroatoms. The van der Waals surface area contributed by atoms with Crippen LogP contribution >= 0.6 is 0 Å². The fraction of sp³-hybridized carbons (Fsp3) is 0.400. The zero-order valence-electron chi connectivity index (χ0n) is 11.9. The summed E-state index contributed by atoms with van der Waals surface area (Å²) in [5, 5.41) is 0. The molecular weight excluding hydrogens is 250 g/mol. The molecular formula is C15H21N5. The second kappa shape index (κ2) is 7.55. The summed E-state index contributed by atoms with van der Waals surface area (Å²) >= 11 is 0. The Labute approximate surface area is 119 Å². The molecule has 0 fully saturated rings. The standard InChI is InChI=1S/C15H21N5/c1-2-14-9-15(19-12-18-14)20(8-4-6-16)11-13-5-3-7-17-10-13/h3,5,7,9-10,12H,2,4,6,8,11,16H2,1H3. The maximum atomic E-state index is 5.63. The van der Waals surface area contributed by atoms with Gasteiger partial charge in [0.05, 0.1) is 0 Å². The van der Waals surface area contributed by atoms with E-state index in [9.17, 15) is 0 Å². The molecule has 0 aliphatic heterocycles. The monoisotopic (exact) mass is 271 g/mol. The third-order valence-electron chi connectivity index (χ3n) is 3.12.